The first-order valence-electron chi connectivity index (χ1n) is 12.9. The molecule has 190 valence electrons. The summed E-state index contributed by atoms with van der Waals surface area (Å²) < 4.78 is 19.8. The summed E-state index contributed by atoms with van der Waals surface area (Å²) in [4.78, 5) is 32.7. The number of rotatable bonds is 4. The van der Waals surface area contributed by atoms with E-state index >= 15 is 0 Å². The number of hydrogen-bond donors (Lipinski definition) is 0. The Morgan fingerprint density at radius 2 is 1.81 bits per heavy atom. The number of nitrogens with zero attached hydrogens (tertiary/aromatic N) is 3. The largest absolute Gasteiger partial charge is 0.482 e. The van der Waals surface area contributed by atoms with Crippen molar-refractivity contribution in [2.75, 3.05) is 37.6 Å². The number of hydrogen-bond acceptors (Lipinski definition) is 4. The van der Waals surface area contributed by atoms with Crippen molar-refractivity contribution in [1.82, 2.24) is 9.80 Å². The van der Waals surface area contributed by atoms with Gasteiger partial charge in [0.25, 0.3) is 5.91 Å². The first-order chi connectivity index (χ1) is 17.4. The second-order valence-electron chi connectivity index (χ2n) is 10.1. The maximum absolute atomic E-state index is 13.7. The third-order valence-corrected chi connectivity index (χ3v) is 7.82. The number of aryl methyl sites for hydroxylation is 1. The van der Waals surface area contributed by atoms with E-state index in [0.29, 0.717) is 18.7 Å². The number of benzene rings is 2. The summed E-state index contributed by atoms with van der Waals surface area (Å²) in [6.07, 6.45) is 5.18. The highest BCUT2D eigenvalue weighted by atomic mass is 19.1. The van der Waals surface area contributed by atoms with Crippen molar-refractivity contribution in [2.24, 2.45) is 0 Å². The molecule has 36 heavy (non-hydrogen) atoms. The fraction of sp³-hybridized carbons (Fsp3) is 0.448. The molecule has 2 aromatic rings. The number of carbonyl (C=O) groups is 2. The van der Waals surface area contributed by atoms with E-state index in [2.05, 4.69) is 36.9 Å². The molecule has 2 aliphatic heterocycles. The molecule has 2 saturated heterocycles. The molecule has 2 aromatic carbocycles. The van der Waals surface area contributed by atoms with E-state index in [4.69, 9.17) is 4.74 Å². The van der Waals surface area contributed by atoms with E-state index in [1.807, 2.05) is 4.90 Å². The van der Waals surface area contributed by atoms with Crippen molar-refractivity contribution in [3.8, 4) is 0 Å². The lowest BCUT2D eigenvalue weighted by Gasteiger charge is -2.45. The quantitative estimate of drug-likeness (QED) is 0.599. The lowest BCUT2D eigenvalue weighted by molar-refractivity contribution is -0.154. The normalized spacial score (nSPS) is 23.5. The molecular weight excluding hydrogens is 457 g/mol. The van der Waals surface area contributed by atoms with Gasteiger partial charge >= 0.3 is 0 Å². The molecule has 2 unspecified atom stereocenters. The third-order valence-electron chi connectivity index (χ3n) is 7.82. The molecule has 2 amide bonds. The SMILES string of the molecule is Cc1cccc(N2CCN(C(=O)CN3C(=O)/C(=C\c4cccc(F)c4)OC4CCCCC43)CC2)c1C. The van der Waals surface area contributed by atoms with Crippen LogP contribution in [0.3, 0.4) is 0 Å². The van der Waals surface area contributed by atoms with Crippen molar-refractivity contribution in [1.29, 1.82) is 0 Å². The number of carbonyl (C=O) groups excluding carboxylic acids is 2. The number of anilines is 1. The van der Waals surface area contributed by atoms with Gasteiger partial charge in [-0.25, -0.2) is 4.39 Å². The van der Waals surface area contributed by atoms with E-state index in [0.717, 1.165) is 38.8 Å². The van der Waals surface area contributed by atoms with Gasteiger partial charge in [-0.1, -0.05) is 30.7 Å². The molecule has 5 rings (SSSR count). The summed E-state index contributed by atoms with van der Waals surface area (Å²) >= 11 is 0. The minimum atomic E-state index is -0.366. The summed E-state index contributed by atoms with van der Waals surface area (Å²) in [5.41, 5.74) is 4.34. The van der Waals surface area contributed by atoms with Crippen molar-refractivity contribution >= 4 is 23.6 Å². The summed E-state index contributed by atoms with van der Waals surface area (Å²) in [5.74, 6) is -0.489. The standard InChI is InChI=1S/C29H34FN3O3/c1-20-7-5-11-24(21(20)2)31-13-15-32(16-14-31)28(34)19-33-25-10-3-4-12-26(25)36-27(29(33)35)18-22-8-6-9-23(30)17-22/h5-9,11,17-18,25-26H,3-4,10,12-16,19H2,1-2H3/b27-18+. The van der Waals surface area contributed by atoms with Crippen LogP contribution < -0.4 is 4.90 Å². The van der Waals surface area contributed by atoms with Gasteiger partial charge < -0.3 is 19.4 Å². The van der Waals surface area contributed by atoms with Crippen LogP contribution in [0, 0.1) is 19.7 Å². The van der Waals surface area contributed by atoms with Crippen LogP contribution in [0.2, 0.25) is 0 Å². The Bertz CT molecular complexity index is 1170. The first kappa shape index (κ1) is 24.3. The van der Waals surface area contributed by atoms with Crippen LogP contribution >= 0.6 is 0 Å². The zero-order valence-electron chi connectivity index (χ0n) is 21.1. The average molecular weight is 492 g/mol. The number of halogens is 1. The van der Waals surface area contributed by atoms with Gasteiger partial charge in [0.2, 0.25) is 5.91 Å². The number of ether oxygens (including phenoxy) is 1. The van der Waals surface area contributed by atoms with Crippen molar-refractivity contribution in [3.05, 3.63) is 70.7 Å². The fourth-order valence-electron chi connectivity index (χ4n) is 5.63. The van der Waals surface area contributed by atoms with Gasteiger partial charge in [-0.05, 0) is 74.1 Å². The van der Waals surface area contributed by atoms with Crippen LogP contribution in [0.1, 0.15) is 42.4 Å². The molecule has 3 fully saturated rings. The van der Waals surface area contributed by atoms with Gasteiger partial charge in [-0.3, -0.25) is 9.59 Å². The zero-order chi connectivity index (χ0) is 25.2. The second-order valence-corrected chi connectivity index (χ2v) is 10.1. The molecule has 3 aliphatic rings. The molecule has 0 N–H and O–H groups in total. The van der Waals surface area contributed by atoms with Crippen molar-refractivity contribution < 1.29 is 18.7 Å². The van der Waals surface area contributed by atoms with E-state index in [1.54, 1.807) is 23.1 Å². The lowest BCUT2D eigenvalue weighted by Crippen LogP contribution is -2.58. The molecule has 0 spiro atoms. The molecule has 0 radical (unpaired) electrons. The van der Waals surface area contributed by atoms with E-state index in [-0.39, 0.29) is 42.1 Å². The maximum atomic E-state index is 13.7. The van der Waals surface area contributed by atoms with Crippen LogP contribution in [-0.4, -0.2) is 66.5 Å². The Hall–Kier alpha value is -3.35. The van der Waals surface area contributed by atoms with Crippen LogP contribution in [0.15, 0.2) is 48.2 Å². The highest BCUT2D eigenvalue weighted by Crippen LogP contribution is 2.33. The minimum Gasteiger partial charge on any atom is -0.482 e. The Morgan fingerprint density at radius 3 is 2.58 bits per heavy atom. The molecule has 1 saturated carbocycles. The Morgan fingerprint density at radius 1 is 1.06 bits per heavy atom. The number of amides is 2. The van der Waals surface area contributed by atoms with Crippen LogP contribution in [0.4, 0.5) is 10.1 Å². The van der Waals surface area contributed by atoms with E-state index in [9.17, 15) is 14.0 Å². The van der Waals surface area contributed by atoms with Crippen LogP contribution in [-0.2, 0) is 14.3 Å². The molecular formula is C29H34FN3O3. The van der Waals surface area contributed by atoms with Gasteiger partial charge in [0, 0.05) is 31.9 Å². The fourth-order valence-corrected chi connectivity index (χ4v) is 5.63. The van der Waals surface area contributed by atoms with Gasteiger partial charge in [-0.15, -0.1) is 0 Å². The van der Waals surface area contributed by atoms with E-state index < -0.39 is 0 Å². The topological polar surface area (TPSA) is 53.1 Å². The van der Waals surface area contributed by atoms with Gasteiger partial charge in [0.1, 0.15) is 18.5 Å². The monoisotopic (exact) mass is 491 g/mol. The van der Waals surface area contributed by atoms with Gasteiger partial charge in [0.05, 0.1) is 6.04 Å². The second kappa shape index (κ2) is 10.3. The Balaban J connectivity index is 1.29. The van der Waals surface area contributed by atoms with Crippen molar-refractivity contribution in [3.63, 3.8) is 0 Å². The zero-order valence-corrected chi connectivity index (χ0v) is 21.1. The third kappa shape index (κ3) is 4.97. The summed E-state index contributed by atoms with van der Waals surface area (Å²) in [7, 11) is 0. The maximum Gasteiger partial charge on any atom is 0.289 e. The van der Waals surface area contributed by atoms with E-state index in [1.165, 1.54) is 28.9 Å². The number of piperazine rings is 1. The molecule has 1 aliphatic carbocycles. The summed E-state index contributed by atoms with van der Waals surface area (Å²) in [6, 6.07) is 12.3. The highest BCUT2D eigenvalue weighted by molar-refractivity contribution is 5.98. The minimum absolute atomic E-state index is 0.0275. The summed E-state index contributed by atoms with van der Waals surface area (Å²) in [5, 5.41) is 0. The molecule has 2 atom stereocenters. The Labute approximate surface area is 212 Å². The molecule has 6 nitrogen and oxygen atoms in total. The number of morpholine rings is 1. The molecule has 2 heterocycles. The smallest absolute Gasteiger partial charge is 0.289 e. The average Bonchev–Trinajstić information content (AvgIpc) is 2.88. The Kier molecular flexibility index (Phi) is 6.99. The summed E-state index contributed by atoms with van der Waals surface area (Å²) in [6.45, 7) is 7.10. The molecule has 0 aromatic heterocycles. The van der Waals surface area contributed by atoms with Gasteiger partial charge in [-0.2, -0.15) is 0 Å². The predicted molar refractivity (Wildman–Crippen MR) is 138 cm³/mol. The van der Waals surface area contributed by atoms with Crippen LogP contribution in [0.25, 0.3) is 6.08 Å². The van der Waals surface area contributed by atoms with Crippen LogP contribution in [0.5, 0.6) is 0 Å². The first-order valence-corrected chi connectivity index (χ1v) is 12.9. The number of fused-ring (bicyclic) bond motifs is 1. The van der Waals surface area contributed by atoms with Gasteiger partial charge in [0.15, 0.2) is 5.76 Å². The predicted octanol–water partition coefficient (Wildman–Crippen LogP) is 4.30. The van der Waals surface area contributed by atoms with Crippen molar-refractivity contribution in [2.45, 2.75) is 51.7 Å². The lowest BCUT2D eigenvalue weighted by atomic mass is 9.89. The molecule has 0 bridgehead atoms. The highest BCUT2D eigenvalue weighted by Gasteiger charge is 2.42. The molecule has 7 heteroatoms.